The predicted molar refractivity (Wildman–Crippen MR) is 141 cm³/mol. The lowest BCUT2D eigenvalue weighted by Crippen LogP contribution is -2.36. The molecular weight excluding hydrogens is 522 g/mol. The number of allylic oxidation sites excluding steroid dienone is 2. The fraction of sp³-hybridized carbons (Fsp3) is 0.379. The average molecular weight is 554 g/mol. The van der Waals surface area contributed by atoms with Crippen molar-refractivity contribution in [3.8, 4) is 5.75 Å². The van der Waals surface area contributed by atoms with E-state index in [2.05, 4.69) is 22.0 Å². The molecule has 0 spiro atoms. The van der Waals surface area contributed by atoms with E-state index in [4.69, 9.17) is 19.9 Å². The van der Waals surface area contributed by atoms with E-state index in [1.165, 1.54) is 0 Å². The van der Waals surface area contributed by atoms with Crippen molar-refractivity contribution in [1.82, 2.24) is 0 Å². The minimum atomic E-state index is -0.667. The van der Waals surface area contributed by atoms with Crippen LogP contribution >= 0.6 is 15.9 Å². The Hall–Kier alpha value is -3.06. The zero-order valence-corrected chi connectivity index (χ0v) is 23.0. The molecule has 0 unspecified atom stereocenters. The van der Waals surface area contributed by atoms with E-state index in [0.29, 0.717) is 30.8 Å². The van der Waals surface area contributed by atoms with E-state index in [9.17, 15) is 9.59 Å². The number of para-hydroxylation sites is 1. The molecule has 4 rings (SSSR count). The van der Waals surface area contributed by atoms with Crippen LogP contribution in [-0.4, -0.2) is 18.4 Å². The zero-order valence-electron chi connectivity index (χ0n) is 21.4. The summed E-state index contributed by atoms with van der Waals surface area (Å²) in [5.74, 6) is -0.0106. The normalized spacial score (nSPS) is 19.1. The highest BCUT2D eigenvalue weighted by Crippen LogP contribution is 2.49. The number of aryl methyl sites for hydroxylation is 2. The lowest BCUT2D eigenvalue weighted by atomic mass is 9.69. The Morgan fingerprint density at radius 2 is 1.89 bits per heavy atom. The van der Waals surface area contributed by atoms with E-state index < -0.39 is 11.9 Å². The maximum Gasteiger partial charge on any atom is 0.340 e. The Morgan fingerprint density at radius 3 is 2.58 bits per heavy atom. The van der Waals surface area contributed by atoms with Gasteiger partial charge in [-0.15, -0.1) is 0 Å². The van der Waals surface area contributed by atoms with E-state index in [1.54, 1.807) is 6.92 Å². The first kappa shape index (κ1) is 26.0. The molecule has 0 aromatic heterocycles. The molecule has 2 aromatic rings. The number of ketones is 1. The summed E-state index contributed by atoms with van der Waals surface area (Å²) in [4.78, 5) is 26.6. The summed E-state index contributed by atoms with van der Waals surface area (Å²) in [6.07, 6.45) is 0.926. The van der Waals surface area contributed by atoms with Crippen LogP contribution in [0.15, 0.2) is 63.7 Å². The number of carbonyl (C=O) groups excluding carboxylic acids is 2. The summed E-state index contributed by atoms with van der Waals surface area (Å²) in [5, 5.41) is 0. The maximum atomic E-state index is 13.5. The Balaban J connectivity index is 1.83. The van der Waals surface area contributed by atoms with Gasteiger partial charge in [-0.05, 0) is 76.5 Å². The van der Waals surface area contributed by atoms with Gasteiger partial charge in [-0.3, -0.25) is 4.79 Å². The standard InChI is InChI=1S/C29H32BrNO5/c1-6-34-28(33)26-24(25-21(32)13-29(4,5)14-23(25)36-27(26)31)19-12-18(16(2)11-17(19)3)15-35-22-10-8-7-9-20(22)30/h7-12,24H,6,13-15,31H2,1-5H3/t24-/m1/s1. The first-order valence-electron chi connectivity index (χ1n) is 12.1. The quantitative estimate of drug-likeness (QED) is 0.432. The molecule has 0 bridgehead atoms. The van der Waals surface area contributed by atoms with Gasteiger partial charge in [0.2, 0.25) is 5.88 Å². The molecule has 2 aromatic carbocycles. The Labute approximate surface area is 220 Å². The van der Waals surface area contributed by atoms with Gasteiger partial charge in [0.1, 0.15) is 23.7 Å². The van der Waals surface area contributed by atoms with E-state index in [0.717, 1.165) is 32.5 Å². The summed E-state index contributed by atoms with van der Waals surface area (Å²) < 4.78 is 18.2. The summed E-state index contributed by atoms with van der Waals surface area (Å²) >= 11 is 3.52. The third-order valence-corrected chi connectivity index (χ3v) is 7.36. The second-order valence-corrected chi connectivity index (χ2v) is 11.0. The van der Waals surface area contributed by atoms with Crippen LogP contribution in [0.25, 0.3) is 0 Å². The van der Waals surface area contributed by atoms with Crippen LogP contribution in [0.5, 0.6) is 5.75 Å². The minimum Gasteiger partial charge on any atom is -0.488 e. The number of esters is 1. The van der Waals surface area contributed by atoms with Gasteiger partial charge < -0.3 is 19.9 Å². The van der Waals surface area contributed by atoms with Crippen LogP contribution in [0, 0.1) is 19.3 Å². The molecule has 1 aliphatic carbocycles. The number of hydrogen-bond acceptors (Lipinski definition) is 6. The first-order chi connectivity index (χ1) is 17.0. The zero-order chi connectivity index (χ0) is 26.2. The Kier molecular flexibility index (Phi) is 7.32. The van der Waals surface area contributed by atoms with Gasteiger partial charge in [0.05, 0.1) is 17.0 Å². The molecule has 0 fully saturated rings. The number of rotatable bonds is 6. The fourth-order valence-electron chi connectivity index (χ4n) is 5.00. The van der Waals surface area contributed by atoms with Crippen molar-refractivity contribution in [3.63, 3.8) is 0 Å². The van der Waals surface area contributed by atoms with Gasteiger partial charge in [0, 0.05) is 18.4 Å². The molecular formula is C29H32BrNO5. The molecule has 36 heavy (non-hydrogen) atoms. The van der Waals surface area contributed by atoms with Gasteiger partial charge in [-0.25, -0.2) is 4.79 Å². The maximum absolute atomic E-state index is 13.5. The lowest BCUT2D eigenvalue weighted by molar-refractivity contribution is -0.139. The van der Waals surface area contributed by atoms with Crippen molar-refractivity contribution in [1.29, 1.82) is 0 Å². The molecule has 0 amide bonds. The summed E-state index contributed by atoms with van der Waals surface area (Å²) in [6, 6.07) is 11.7. The number of halogens is 1. The molecule has 6 nitrogen and oxygen atoms in total. The summed E-state index contributed by atoms with van der Waals surface area (Å²) in [5.41, 5.74) is 10.5. The highest BCUT2D eigenvalue weighted by Gasteiger charge is 2.45. The van der Waals surface area contributed by atoms with Crippen molar-refractivity contribution in [2.24, 2.45) is 11.1 Å². The van der Waals surface area contributed by atoms with Gasteiger partial charge in [0.15, 0.2) is 5.78 Å². The van der Waals surface area contributed by atoms with Crippen LogP contribution in [0.2, 0.25) is 0 Å². The molecule has 2 N–H and O–H groups in total. The second kappa shape index (κ2) is 10.1. The van der Waals surface area contributed by atoms with Gasteiger partial charge in [-0.2, -0.15) is 0 Å². The van der Waals surface area contributed by atoms with Crippen molar-refractivity contribution >= 4 is 27.7 Å². The van der Waals surface area contributed by atoms with Crippen molar-refractivity contribution in [2.45, 2.75) is 60.0 Å². The topological polar surface area (TPSA) is 87.9 Å². The Morgan fingerprint density at radius 1 is 1.17 bits per heavy atom. The fourth-order valence-corrected chi connectivity index (χ4v) is 5.40. The lowest BCUT2D eigenvalue weighted by Gasteiger charge is -2.38. The first-order valence-corrected chi connectivity index (χ1v) is 12.9. The number of nitrogens with two attached hydrogens (primary N) is 1. The van der Waals surface area contributed by atoms with Crippen molar-refractivity contribution in [3.05, 3.63) is 85.9 Å². The van der Waals surface area contributed by atoms with Gasteiger partial charge in [0.25, 0.3) is 0 Å². The SMILES string of the molecule is CCOC(=O)C1=C(N)OC2=C(C(=O)CC(C)(C)C2)[C@H]1c1cc(COc2ccccc2Br)c(C)cc1C. The number of ether oxygens (including phenoxy) is 3. The Bertz CT molecular complexity index is 1290. The van der Waals surface area contributed by atoms with Gasteiger partial charge in [-0.1, -0.05) is 38.1 Å². The smallest absolute Gasteiger partial charge is 0.340 e. The third kappa shape index (κ3) is 5.07. The van der Waals surface area contributed by atoms with Crippen LogP contribution < -0.4 is 10.5 Å². The molecule has 2 aliphatic rings. The summed E-state index contributed by atoms with van der Waals surface area (Å²) in [7, 11) is 0. The molecule has 0 radical (unpaired) electrons. The highest BCUT2D eigenvalue weighted by molar-refractivity contribution is 9.10. The molecule has 1 atom stereocenters. The van der Waals surface area contributed by atoms with E-state index in [1.807, 2.05) is 58.0 Å². The largest absolute Gasteiger partial charge is 0.488 e. The van der Waals surface area contributed by atoms with Crippen LogP contribution in [0.1, 0.15) is 61.8 Å². The van der Waals surface area contributed by atoms with Crippen molar-refractivity contribution < 1.29 is 23.8 Å². The minimum absolute atomic E-state index is 0.00584. The third-order valence-electron chi connectivity index (χ3n) is 6.71. The highest BCUT2D eigenvalue weighted by atomic mass is 79.9. The molecule has 190 valence electrons. The molecule has 0 saturated carbocycles. The van der Waals surface area contributed by atoms with Crippen LogP contribution in [0.3, 0.4) is 0 Å². The number of Topliss-reactive ketones (excluding diaryl/α,β-unsaturated/α-hetero) is 1. The predicted octanol–water partition coefficient (Wildman–Crippen LogP) is 6.14. The average Bonchev–Trinajstić information content (AvgIpc) is 2.78. The molecule has 1 aliphatic heterocycles. The number of carbonyl (C=O) groups is 2. The van der Waals surface area contributed by atoms with Crippen LogP contribution in [-0.2, 0) is 25.7 Å². The number of benzene rings is 2. The van der Waals surface area contributed by atoms with E-state index >= 15 is 0 Å². The van der Waals surface area contributed by atoms with Crippen molar-refractivity contribution in [2.75, 3.05) is 6.61 Å². The molecule has 0 saturated heterocycles. The summed E-state index contributed by atoms with van der Waals surface area (Å²) in [6.45, 7) is 10.3. The molecule has 1 heterocycles. The van der Waals surface area contributed by atoms with E-state index in [-0.39, 0.29) is 29.3 Å². The number of hydrogen-bond donors (Lipinski definition) is 1. The second-order valence-electron chi connectivity index (χ2n) is 10.2. The van der Waals surface area contributed by atoms with Crippen LogP contribution in [0.4, 0.5) is 0 Å². The molecule has 7 heteroatoms. The monoisotopic (exact) mass is 553 g/mol. The van der Waals surface area contributed by atoms with Gasteiger partial charge >= 0.3 is 5.97 Å².